The third-order valence-electron chi connectivity index (χ3n) is 8.48. The number of quaternary nitrogens is 1. The van der Waals surface area contributed by atoms with Gasteiger partial charge in [-0.05, 0) is 67.6 Å². The van der Waals surface area contributed by atoms with Gasteiger partial charge in [-0.2, -0.15) is 5.10 Å². The lowest BCUT2D eigenvalue weighted by atomic mass is 10.1. The van der Waals surface area contributed by atoms with Crippen LogP contribution in [0.3, 0.4) is 0 Å². The van der Waals surface area contributed by atoms with Crippen LogP contribution >= 0.6 is 0 Å². The molecule has 1 N–H and O–H groups in total. The molecule has 0 radical (unpaired) electrons. The second-order valence-corrected chi connectivity index (χ2v) is 13.3. The first-order valence-electron chi connectivity index (χ1n) is 16.5. The van der Waals surface area contributed by atoms with E-state index in [0.717, 1.165) is 57.6 Å². The summed E-state index contributed by atoms with van der Waals surface area (Å²) < 4.78 is 15.0. The minimum absolute atomic E-state index is 0.0615. The van der Waals surface area contributed by atoms with Gasteiger partial charge in [0.1, 0.15) is 5.75 Å². The molecule has 3 aromatic carbocycles. The average molecular weight is 639 g/mol. The number of carbonyl (C=O) groups is 2. The van der Waals surface area contributed by atoms with Crippen molar-refractivity contribution in [2.24, 2.45) is 0 Å². The lowest BCUT2D eigenvalue weighted by molar-refractivity contribution is -0.870. The zero-order chi connectivity index (χ0) is 33.4. The quantitative estimate of drug-likeness (QED) is 0.143. The molecule has 9 nitrogen and oxygen atoms in total. The smallest absolute Gasteiger partial charge is 0.251 e. The number of hydrogen-bond acceptors (Lipinski definition) is 5. The Labute approximate surface area is 278 Å². The molecule has 1 aromatic heterocycles. The Morgan fingerprint density at radius 3 is 2.66 bits per heavy atom. The molecule has 2 amide bonds. The lowest BCUT2D eigenvalue weighted by Crippen LogP contribution is -2.37. The molecule has 9 heteroatoms. The maximum Gasteiger partial charge on any atom is 0.251 e. The second kappa shape index (κ2) is 15.3. The molecular formula is C38H48N5O4+. The van der Waals surface area contributed by atoms with Crippen molar-refractivity contribution in [3.63, 3.8) is 0 Å². The van der Waals surface area contributed by atoms with E-state index in [2.05, 4.69) is 51.5 Å². The fourth-order valence-electron chi connectivity index (χ4n) is 5.76. The predicted molar refractivity (Wildman–Crippen MR) is 186 cm³/mol. The molecule has 4 aromatic rings. The van der Waals surface area contributed by atoms with Crippen molar-refractivity contribution < 1.29 is 23.5 Å². The molecular weight excluding hydrogens is 590 g/mol. The summed E-state index contributed by atoms with van der Waals surface area (Å²) in [5.41, 5.74) is 6.54. The molecule has 0 spiro atoms. The van der Waals surface area contributed by atoms with Crippen LogP contribution in [0.2, 0.25) is 0 Å². The van der Waals surface area contributed by atoms with E-state index in [1.807, 2.05) is 76.6 Å². The molecule has 0 saturated heterocycles. The third-order valence-corrected chi connectivity index (χ3v) is 8.48. The predicted octanol–water partition coefficient (Wildman–Crippen LogP) is 6.02. The van der Waals surface area contributed by atoms with E-state index in [1.54, 1.807) is 0 Å². The highest BCUT2D eigenvalue weighted by atomic mass is 16.5. The number of fused-ring (bicyclic) bond motifs is 1. The number of carbonyl (C=O) groups excluding carboxylic acids is 2. The number of rotatable bonds is 13. The van der Waals surface area contributed by atoms with Gasteiger partial charge >= 0.3 is 0 Å². The Bertz CT molecular complexity index is 1690. The highest BCUT2D eigenvalue weighted by molar-refractivity contribution is 5.97. The summed E-state index contributed by atoms with van der Waals surface area (Å²) in [7, 11) is 6.45. The van der Waals surface area contributed by atoms with Crippen molar-refractivity contribution in [3.8, 4) is 22.6 Å². The fraction of sp³-hybridized carbons (Fsp3) is 0.395. The number of nitrogens with zero attached hydrogens (tertiary/aromatic N) is 4. The molecule has 0 aliphatic carbocycles. The Morgan fingerprint density at radius 2 is 1.83 bits per heavy atom. The minimum atomic E-state index is -0.0634. The Morgan fingerprint density at radius 1 is 1.02 bits per heavy atom. The third kappa shape index (κ3) is 9.01. The SMILES string of the molecule is Cc1cccc(OCCCC(=O)N2CCCOc3c(-c4cnn(Cc5cccc(C(=O)NCCC[N+](C)(C)C)c5)c4)cccc32)c1C. The zero-order valence-electron chi connectivity index (χ0n) is 28.4. The molecule has 248 valence electrons. The highest BCUT2D eigenvalue weighted by Crippen LogP contribution is 2.40. The molecule has 5 rings (SSSR count). The normalized spacial score (nSPS) is 13.0. The monoisotopic (exact) mass is 638 g/mol. The van der Waals surface area contributed by atoms with Gasteiger partial charge < -0.3 is 24.2 Å². The Kier molecular flexibility index (Phi) is 11.0. The Balaban J connectivity index is 1.22. The topological polar surface area (TPSA) is 85.7 Å². The number of amides is 2. The van der Waals surface area contributed by atoms with E-state index in [0.29, 0.717) is 57.0 Å². The van der Waals surface area contributed by atoms with Crippen LogP contribution in [0.1, 0.15) is 52.7 Å². The lowest BCUT2D eigenvalue weighted by Gasteiger charge is -2.23. The zero-order valence-corrected chi connectivity index (χ0v) is 28.4. The van der Waals surface area contributed by atoms with Gasteiger partial charge in [0.05, 0.1) is 59.3 Å². The van der Waals surface area contributed by atoms with Gasteiger partial charge in [-0.3, -0.25) is 14.3 Å². The van der Waals surface area contributed by atoms with Crippen molar-refractivity contribution in [3.05, 3.63) is 95.3 Å². The van der Waals surface area contributed by atoms with Gasteiger partial charge in [-0.25, -0.2) is 0 Å². The Hall–Kier alpha value is -4.63. The van der Waals surface area contributed by atoms with E-state index >= 15 is 0 Å². The molecule has 0 unspecified atom stereocenters. The number of benzene rings is 3. The minimum Gasteiger partial charge on any atom is -0.493 e. The van der Waals surface area contributed by atoms with Gasteiger partial charge in [0, 0.05) is 48.8 Å². The van der Waals surface area contributed by atoms with Crippen LogP contribution in [-0.2, 0) is 11.3 Å². The van der Waals surface area contributed by atoms with Crippen molar-refractivity contribution in [2.75, 3.05) is 58.9 Å². The maximum atomic E-state index is 13.5. The molecule has 1 aliphatic heterocycles. The molecule has 1 aliphatic rings. The molecule has 0 fully saturated rings. The summed E-state index contributed by atoms with van der Waals surface area (Å²) in [6, 6.07) is 19.6. The van der Waals surface area contributed by atoms with Gasteiger partial charge in [-0.15, -0.1) is 0 Å². The number of aryl methyl sites for hydroxylation is 1. The van der Waals surface area contributed by atoms with E-state index < -0.39 is 0 Å². The van der Waals surface area contributed by atoms with Gasteiger partial charge in [0.2, 0.25) is 5.91 Å². The fourth-order valence-corrected chi connectivity index (χ4v) is 5.76. The van der Waals surface area contributed by atoms with Gasteiger partial charge in [-0.1, -0.05) is 36.4 Å². The summed E-state index contributed by atoms with van der Waals surface area (Å²) in [6.07, 6.45) is 6.50. The highest BCUT2D eigenvalue weighted by Gasteiger charge is 2.25. The largest absolute Gasteiger partial charge is 0.493 e. The molecule has 0 atom stereocenters. The van der Waals surface area contributed by atoms with Gasteiger partial charge in [0.15, 0.2) is 5.75 Å². The van der Waals surface area contributed by atoms with Crippen LogP contribution in [0.25, 0.3) is 11.1 Å². The summed E-state index contributed by atoms with van der Waals surface area (Å²) >= 11 is 0. The number of para-hydroxylation sites is 1. The van der Waals surface area contributed by atoms with Crippen molar-refractivity contribution >= 4 is 17.5 Å². The molecule has 47 heavy (non-hydrogen) atoms. The van der Waals surface area contributed by atoms with Crippen LogP contribution in [0.4, 0.5) is 5.69 Å². The van der Waals surface area contributed by atoms with Crippen LogP contribution in [0.5, 0.6) is 11.5 Å². The number of aromatic nitrogens is 2. The van der Waals surface area contributed by atoms with Crippen LogP contribution in [-0.4, -0.2) is 80.1 Å². The summed E-state index contributed by atoms with van der Waals surface area (Å²) in [5, 5.41) is 7.66. The standard InChI is InChI=1S/C38H47N5O4/c1-28-12-6-17-35(29(28)2)46-22-9-18-36(44)42-20-11-23-47-37-33(15-8-16-34(37)42)32-25-40-41(27-32)26-30-13-7-14-31(24-30)38(45)39-19-10-21-43(3,4)5/h6-8,12-17,24-25,27H,9-11,18-23,26H2,1-5H3/p+1. The summed E-state index contributed by atoms with van der Waals surface area (Å²) in [5.74, 6) is 1.57. The van der Waals surface area contributed by atoms with Crippen LogP contribution < -0.4 is 19.7 Å². The maximum absolute atomic E-state index is 13.5. The number of ether oxygens (including phenoxy) is 2. The van der Waals surface area contributed by atoms with Crippen LogP contribution in [0.15, 0.2) is 73.1 Å². The number of nitrogens with one attached hydrogen (secondary N) is 1. The second-order valence-electron chi connectivity index (χ2n) is 13.3. The van der Waals surface area contributed by atoms with Crippen molar-refractivity contribution in [1.82, 2.24) is 15.1 Å². The van der Waals surface area contributed by atoms with E-state index in [9.17, 15) is 9.59 Å². The average Bonchev–Trinajstić information content (AvgIpc) is 3.39. The van der Waals surface area contributed by atoms with Crippen molar-refractivity contribution in [2.45, 2.75) is 46.1 Å². The first kappa shape index (κ1) is 33.7. The summed E-state index contributed by atoms with van der Waals surface area (Å²) in [6.45, 7) is 7.91. The van der Waals surface area contributed by atoms with Gasteiger partial charge in [0.25, 0.3) is 5.91 Å². The number of anilines is 1. The molecule has 0 bridgehead atoms. The first-order chi connectivity index (χ1) is 22.6. The van der Waals surface area contributed by atoms with E-state index in [1.165, 1.54) is 5.56 Å². The summed E-state index contributed by atoms with van der Waals surface area (Å²) in [4.78, 5) is 28.1. The first-order valence-corrected chi connectivity index (χ1v) is 16.5. The molecule has 2 heterocycles. The van der Waals surface area contributed by atoms with E-state index in [4.69, 9.17) is 9.47 Å². The van der Waals surface area contributed by atoms with Crippen molar-refractivity contribution in [1.29, 1.82) is 0 Å². The van der Waals surface area contributed by atoms with E-state index in [-0.39, 0.29) is 11.8 Å². The molecule has 0 saturated carbocycles. The van der Waals surface area contributed by atoms with Crippen LogP contribution in [0, 0.1) is 13.8 Å². The number of hydrogen-bond donors (Lipinski definition) is 1.